The van der Waals surface area contributed by atoms with E-state index in [4.69, 9.17) is 9.47 Å². The van der Waals surface area contributed by atoms with E-state index in [0.29, 0.717) is 25.2 Å². The van der Waals surface area contributed by atoms with E-state index in [1.165, 1.54) is 7.11 Å². The molecule has 30 heavy (non-hydrogen) atoms. The highest BCUT2D eigenvalue weighted by atomic mass is 16.6. The number of hydrogen-bond donors (Lipinski definition) is 0. The van der Waals surface area contributed by atoms with Crippen LogP contribution in [0.2, 0.25) is 0 Å². The number of hydrogen-bond acceptors (Lipinski definition) is 5. The number of rotatable bonds is 4. The summed E-state index contributed by atoms with van der Waals surface area (Å²) < 4.78 is 11.3. The Morgan fingerprint density at radius 1 is 1.13 bits per heavy atom. The van der Waals surface area contributed by atoms with Crippen LogP contribution in [0.1, 0.15) is 85.0 Å². The fourth-order valence-electron chi connectivity index (χ4n) is 7.21. The van der Waals surface area contributed by atoms with Crippen LogP contribution in [0, 0.1) is 28.6 Å². The Balaban J connectivity index is 1.64. The van der Waals surface area contributed by atoms with E-state index in [1.54, 1.807) is 6.08 Å². The second-order valence-corrected chi connectivity index (χ2v) is 10.9. The van der Waals surface area contributed by atoms with Crippen LogP contribution in [-0.4, -0.2) is 30.4 Å². The van der Waals surface area contributed by atoms with E-state index in [2.05, 4.69) is 20.8 Å². The standard InChI is InChI=1S/C25H36O5/c1-23(2)11-7-17(26)14-16(23)15-19(22(28)29-4)18-6-5-10-24(3)20(18)8-12-25(24)13-9-21(27)30-25/h14,18-20H,5-13,15H2,1-4H3/t18-,19+,20-,24-,25+/m0/s1. The van der Waals surface area contributed by atoms with Gasteiger partial charge in [0, 0.05) is 18.3 Å². The number of fused-ring (bicyclic) bond motifs is 2. The summed E-state index contributed by atoms with van der Waals surface area (Å²) in [5.41, 5.74) is 0.575. The first-order valence-corrected chi connectivity index (χ1v) is 11.7. The van der Waals surface area contributed by atoms with Gasteiger partial charge in [0.1, 0.15) is 5.60 Å². The molecular formula is C25H36O5. The van der Waals surface area contributed by atoms with Crippen molar-refractivity contribution in [1.82, 2.24) is 0 Å². The van der Waals surface area contributed by atoms with Crippen LogP contribution >= 0.6 is 0 Å². The Morgan fingerprint density at radius 2 is 1.90 bits per heavy atom. The van der Waals surface area contributed by atoms with E-state index < -0.39 is 0 Å². The minimum absolute atomic E-state index is 0.0730. The maximum atomic E-state index is 13.0. The molecule has 3 aliphatic carbocycles. The third-order valence-electron chi connectivity index (χ3n) is 9.17. The van der Waals surface area contributed by atoms with Crippen molar-refractivity contribution in [3.8, 4) is 0 Å². The molecule has 3 fully saturated rings. The van der Waals surface area contributed by atoms with Gasteiger partial charge in [-0.1, -0.05) is 32.8 Å². The van der Waals surface area contributed by atoms with Gasteiger partial charge in [-0.05, 0) is 68.3 Å². The molecule has 0 bridgehead atoms. The fraction of sp³-hybridized carbons (Fsp3) is 0.800. The van der Waals surface area contributed by atoms with Crippen LogP contribution in [0.4, 0.5) is 0 Å². The molecule has 0 aromatic heterocycles. The molecule has 1 heterocycles. The molecule has 0 N–H and O–H groups in total. The molecule has 2 saturated carbocycles. The minimum atomic E-state index is -0.354. The van der Waals surface area contributed by atoms with Gasteiger partial charge in [-0.2, -0.15) is 0 Å². The molecule has 1 saturated heterocycles. The lowest BCUT2D eigenvalue weighted by Gasteiger charge is -2.50. The molecule has 166 valence electrons. The van der Waals surface area contributed by atoms with Gasteiger partial charge >= 0.3 is 11.9 Å². The number of methoxy groups -OCH3 is 1. The summed E-state index contributed by atoms with van der Waals surface area (Å²) in [7, 11) is 1.47. The van der Waals surface area contributed by atoms with Gasteiger partial charge in [0.05, 0.1) is 13.0 Å². The van der Waals surface area contributed by atoms with Crippen molar-refractivity contribution in [3.05, 3.63) is 11.6 Å². The van der Waals surface area contributed by atoms with Gasteiger partial charge in [0.2, 0.25) is 0 Å². The SMILES string of the molecule is COC(=O)[C@H](CC1=CC(=O)CCC1(C)C)[C@@H]1CCC[C@@]2(C)[C@H]1CC[C@@]21CCC(=O)O1. The summed E-state index contributed by atoms with van der Waals surface area (Å²) >= 11 is 0. The van der Waals surface area contributed by atoms with Crippen molar-refractivity contribution in [3.63, 3.8) is 0 Å². The molecule has 0 aromatic rings. The molecule has 5 heteroatoms. The molecule has 5 atom stereocenters. The zero-order valence-corrected chi connectivity index (χ0v) is 18.9. The number of allylic oxidation sites excluding steroid dienone is 2. The second kappa shape index (κ2) is 7.49. The van der Waals surface area contributed by atoms with E-state index in [9.17, 15) is 14.4 Å². The van der Waals surface area contributed by atoms with Gasteiger partial charge in [-0.25, -0.2) is 0 Å². The highest BCUT2D eigenvalue weighted by Crippen LogP contribution is 2.65. The van der Waals surface area contributed by atoms with Crippen LogP contribution in [0.5, 0.6) is 0 Å². The molecule has 0 amide bonds. The molecule has 1 spiro atoms. The van der Waals surface area contributed by atoms with Crippen molar-refractivity contribution in [2.24, 2.45) is 28.6 Å². The van der Waals surface area contributed by atoms with Gasteiger partial charge < -0.3 is 9.47 Å². The van der Waals surface area contributed by atoms with E-state index in [-0.39, 0.29) is 46.0 Å². The van der Waals surface area contributed by atoms with Crippen molar-refractivity contribution in [2.45, 2.75) is 90.6 Å². The maximum absolute atomic E-state index is 13.0. The predicted octanol–water partition coefficient (Wildman–Crippen LogP) is 4.77. The Bertz CT molecular complexity index is 780. The number of ether oxygens (including phenoxy) is 2. The van der Waals surface area contributed by atoms with Gasteiger partial charge in [0.25, 0.3) is 0 Å². The van der Waals surface area contributed by atoms with Gasteiger partial charge in [-0.3, -0.25) is 14.4 Å². The molecule has 0 unspecified atom stereocenters. The molecule has 0 radical (unpaired) electrons. The zero-order valence-electron chi connectivity index (χ0n) is 18.9. The minimum Gasteiger partial charge on any atom is -0.469 e. The summed E-state index contributed by atoms with van der Waals surface area (Å²) in [4.78, 5) is 37.2. The first-order chi connectivity index (χ1) is 14.1. The average molecular weight is 417 g/mol. The number of carbonyl (C=O) groups excluding carboxylic acids is 3. The van der Waals surface area contributed by atoms with Crippen molar-refractivity contribution >= 4 is 17.7 Å². The first-order valence-electron chi connectivity index (χ1n) is 11.7. The average Bonchev–Trinajstić information content (AvgIpc) is 3.22. The number of esters is 2. The first kappa shape index (κ1) is 21.6. The van der Waals surface area contributed by atoms with Crippen LogP contribution < -0.4 is 0 Å². The summed E-state index contributed by atoms with van der Waals surface area (Å²) in [6, 6.07) is 0. The molecular weight excluding hydrogens is 380 g/mol. The van der Waals surface area contributed by atoms with Crippen LogP contribution in [-0.2, 0) is 23.9 Å². The maximum Gasteiger partial charge on any atom is 0.309 e. The van der Waals surface area contributed by atoms with Crippen LogP contribution in [0.3, 0.4) is 0 Å². The summed E-state index contributed by atoms with van der Waals surface area (Å²) in [6.07, 6.45) is 10.1. The highest BCUT2D eigenvalue weighted by Gasteiger charge is 2.64. The summed E-state index contributed by atoms with van der Waals surface area (Å²) in [6.45, 7) is 6.64. The smallest absolute Gasteiger partial charge is 0.309 e. The highest BCUT2D eigenvalue weighted by molar-refractivity contribution is 5.91. The van der Waals surface area contributed by atoms with Crippen molar-refractivity contribution in [1.29, 1.82) is 0 Å². The Hall–Kier alpha value is -1.65. The van der Waals surface area contributed by atoms with E-state index >= 15 is 0 Å². The number of carbonyl (C=O) groups is 3. The lowest BCUT2D eigenvalue weighted by Crippen LogP contribution is -2.50. The van der Waals surface area contributed by atoms with Crippen molar-refractivity contribution < 1.29 is 23.9 Å². The van der Waals surface area contributed by atoms with E-state index in [1.807, 2.05) is 0 Å². The van der Waals surface area contributed by atoms with Gasteiger partial charge in [-0.15, -0.1) is 0 Å². The molecule has 4 aliphatic rings. The Labute approximate surface area is 179 Å². The molecule has 0 aromatic carbocycles. The van der Waals surface area contributed by atoms with Crippen LogP contribution in [0.15, 0.2) is 11.6 Å². The zero-order chi connectivity index (χ0) is 21.7. The molecule has 4 rings (SSSR count). The predicted molar refractivity (Wildman–Crippen MR) is 112 cm³/mol. The largest absolute Gasteiger partial charge is 0.469 e. The second-order valence-electron chi connectivity index (χ2n) is 10.9. The topological polar surface area (TPSA) is 69.7 Å². The fourth-order valence-corrected chi connectivity index (χ4v) is 7.21. The van der Waals surface area contributed by atoms with E-state index in [0.717, 1.165) is 50.5 Å². The lowest BCUT2D eigenvalue weighted by atomic mass is 9.56. The summed E-state index contributed by atoms with van der Waals surface area (Å²) in [5.74, 6) is 0.217. The monoisotopic (exact) mass is 416 g/mol. The lowest BCUT2D eigenvalue weighted by molar-refractivity contribution is -0.167. The quantitative estimate of drug-likeness (QED) is 0.617. The normalized spacial score (nSPS) is 38.7. The van der Waals surface area contributed by atoms with Crippen LogP contribution in [0.25, 0.3) is 0 Å². The third-order valence-corrected chi connectivity index (χ3v) is 9.17. The number of ketones is 1. The Kier molecular flexibility index (Phi) is 5.39. The summed E-state index contributed by atoms with van der Waals surface area (Å²) in [5, 5.41) is 0. The Morgan fingerprint density at radius 3 is 2.57 bits per heavy atom. The third kappa shape index (κ3) is 3.33. The molecule has 5 nitrogen and oxygen atoms in total. The van der Waals surface area contributed by atoms with Gasteiger partial charge in [0.15, 0.2) is 5.78 Å². The van der Waals surface area contributed by atoms with Crippen molar-refractivity contribution in [2.75, 3.05) is 7.11 Å². The molecule has 1 aliphatic heterocycles.